The predicted octanol–water partition coefficient (Wildman–Crippen LogP) is 3.39. The zero-order chi connectivity index (χ0) is 18.3. The van der Waals surface area contributed by atoms with Crippen molar-refractivity contribution in [3.8, 4) is 0 Å². The van der Waals surface area contributed by atoms with Gasteiger partial charge in [-0.25, -0.2) is 9.78 Å². The van der Waals surface area contributed by atoms with Crippen LogP contribution in [-0.2, 0) is 11.2 Å². The molecule has 2 heterocycles. The zero-order valence-electron chi connectivity index (χ0n) is 14.2. The molecule has 26 heavy (non-hydrogen) atoms. The standard InChI is InChI=1S/C18H20ClN3O3S/c19-12-3-4-14-13(8-12)21-15(26-14)5-7-20-17(25)22-9-11-2-1-6-18(11,10-22)16(23)24/h3-4,8,11H,1-2,5-7,9-10H2,(H,20,25)(H,23,24)/t11-,18+/m0/s1. The number of urea groups is 1. The molecule has 0 radical (unpaired) electrons. The number of hydrogen-bond acceptors (Lipinski definition) is 4. The highest BCUT2D eigenvalue weighted by Crippen LogP contribution is 2.48. The molecule has 1 saturated heterocycles. The van der Waals surface area contributed by atoms with E-state index in [4.69, 9.17) is 11.6 Å². The highest BCUT2D eigenvalue weighted by atomic mass is 35.5. The molecule has 1 aliphatic heterocycles. The smallest absolute Gasteiger partial charge is 0.317 e. The summed E-state index contributed by atoms with van der Waals surface area (Å²) in [5.74, 6) is -0.678. The van der Waals surface area contributed by atoms with Gasteiger partial charge < -0.3 is 15.3 Å². The molecule has 2 atom stereocenters. The fraction of sp³-hybridized carbons (Fsp3) is 0.500. The number of aromatic nitrogens is 1. The van der Waals surface area contributed by atoms with Gasteiger partial charge in [-0.15, -0.1) is 11.3 Å². The van der Waals surface area contributed by atoms with Gasteiger partial charge in [0.05, 0.1) is 20.6 Å². The van der Waals surface area contributed by atoms with E-state index in [0.717, 1.165) is 28.1 Å². The van der Waals surface area contributed by atoms with Gasteiger partial charge in [-0.3, -0.25) is 4.79 Å². The molecule has 0 spiro atoms. The fourth-order valence-electron chi connectivity index (χ4n) is 4.24. The summed E-state index contributed by atoms with van der Waals surface area (Å²) in [5.41, 5.74) is 0.142. The summed E-state index contributed by atoms with van der Waals surface area (Å²) in [6.07, 6.45) is 3.15. The molecule has 2 N–H and O–H groups in total. The number of hydrogen-bond donors (Lipinski definition) is 2. The molecular weight excluding hydrogens is 374 g/mol. The molecule has 6 nitrogen and oxygen atoms in total. The fourth-order valence-corrected chi connectivity index (χ4v) is 5.35. The minimum atomic E-state index is -0.761. The normalized spacial score (nSPS) is 24.8. The summed E-state index contributed by atoms with van der Waals surface area (Å²) in [6.45, 7) is 1.34. The van der Waals surface area contributed by atoms with Crippen molar-refractivity contribution in [2.45, 2.75) is 25.7 Å². The first-order valence-corrected chi connectivity index (χ1v) is 9.98. The first-order chi connectivity index (χ1) is 12.5. The molecule has 0 unspecified atom stereocenters. The van der Waals surface area contributed by atoms with Crippen LogP contribution < -0.4 is 5.32 Å². The predicted molar refractivity (Wildman–Crippen MR) is 101 cm³/mol. The lowest BCUT2D eigenvalue weighted by Gasteiger charge is -2.23. The van der Waals surface area contributed by atoms with Gasteiger partial charge in [0, 0.05) is 31.1 Å². The van der Waals surface area contributed by atoms with Crippen molar-refractivity contribution >= 4 is 45.2 Å². The number of nitrogens with one attached hydrogen (secondary N) is 1. The van der Waals surface area contributed by atoms with E-state index in [-0.39, 0.29) is 11.9 Å². The van der Waals surface area contributed by atoms with Crippen molar-refractivity contribution in [1.29, 1.82) is 0 Å². The lowest BCUT2D eigenvalue weighted by molar-refractivity contribution is -0.149. The number of fused-ring (bicyclic) bond motifs is 2. The Morgan fingerprint density at radius 3 is 3.08 bits per heavy atom. The van der Waals surface area contributed by atoms with Crippen LogP contribution in [0.5, 0.6) is 0 Å². The number of carbonyl (C=O) groups excluding carboxylic acids is 1. The van der Waals surface area contributed by atoms with Crippen LogP contribution in [0, 0.1) is 11.3 Å². The van der Waals surface area contributed by atoms with Crippen LogP contribution in [0.1, 0.15) is 24.3 Å². The van der Waals surface area contributed by atoms with Crippen LogP contribution in [0.3, 0.4) is 0 Å². The van der Waals surface area contributed by atoms with Crippen molar-refractivity contribution in [3.63, 3.8) is 0 Å². The Bertz CT molecular complexity index is 870. The van der Waals surface area contributed by atoms with E-state index in [1.54, 1.807) is 16.2 Å². The number of carbonyl (C=O) groups is 2. The van der Waals surface area contributed by atoms with Gasteiger partial charge >= 0.3 is 12.0 Å². The van der Waals surface area contributed by atoms with Gasteiger partial charge in [0.1, 0.15) is 0 Å². The van der Waals surface area contributed by atoms with Crippen molar-refractivity contribution in [2.24, 2.45) is 11.3 Å². The van der Waals surface area contributed by atoms with Crippen molar-refractivity contribution in [2.75, 3.05) is 19.6 Å². The lowest BCUT2D eigenvalue weighted by atomic mass is 9.81. The molecule has 2 aromatic rings. The third-order valence-electron chi connectivity index (χ3n) is 5.59. The molecule has 138 valence electrons. The molecule has 2 fully saturated rings. The number of likely N-dealkylation sites (tertiary alicyclic amines) is 1. The highest BCUT2D eigenvalue weighted by Gasteiger charge is 2.55. The topological polar surface area (TPSA) is 82.5 Å². The SMILES string of the molecule is O=C(NCCc1nc2cc(Cl)ccc2s1)N1C[C@@H]2CCC[C@@]2(C(=O)O)C1. The van der Waals surface area contributed by atoms with Gasteiger partial charge in [-0.05, 0) is 37.0 Å². The molecule has 8 heteroatoms. The molecule has 4 rings (SSSR count). The first kappa shape index (κ1) is 17.5. The van der Waals surface area contributed by atoms with Crippen molar-refractivity contribution < 1.29 is 14.7 Å². The number of nitrogens with zero attached hydrogens (tertiary/aromatic N) is 2. The third kappa shape index (κ3) is 3.03. The van der Waals surface area contributed by atoms with E-state index in [1.165, 1.54) is 0 Å². The number of halogens is 1. The second-order valence-corrected chi connectivity index (χ2v) is 8.68. The van der Waals surface area contributed by atoms with Crippen LogP contribution >= 0.6 is 22.9 Å². The van der Waals surface area contributed by atoms with Gasteiger partial charge in [-0.1, -0.05) is 18.0 Å². The Balaban J connectivity index is 1.33. The summed E-state index contributed by atoms with van der Waals surface area (Å²) in [5, 5.41) is 14.1. The minimum absolute atomic E-state index is 0.0831. The zero-order valence-corrected chi connectivity index (χ0v) is 15.8. The van der Waals surface area contributed by atoms with Gasteiger partial charge in [0.25, 0.3) is 0 Å². The van der Waals surface area contributed by atoms with E-state index in [0.29, 0.717) is 37.5 Å². The molecule has 1 aliphatic carbocycles. The first-order valence-electron chi connectivity index (χ1n) is 8.79. The van der Waals surface area contributed by atoms with Gasteiger partial charge in [-0.2, -0.15) is 0 Å². The molecule has 1 aromatic carbocycles. The summed E-state index contributed by atoms with van der Waals surface area (Å²) in [6, 6.07) is 5.45. The molecule has 2 amide bonds. The summed E-state index contributed by atoms with van der Waals surface area (Å²) >= 11 is 7.57. The summed E-state index contributed by atoms with van der Waals surface area (Å²) < 4.78 is 1.08. The van der Waals surface area contributed by atoms with E-state index in [9.17, 15) is 14.7 Å². The van der Waals surface area contributed by atoms with E-state index >= 15 is 0 Å². The quantitative estimate of drug-likeness (QED) is 0.834. The number of aliphatic carboxylic acids is 1. The average Bonchev–Trinajstić information content (AvgIpc) is 3.25. The molecular formula is C18H20ClN3O3S. The van der Waals surface area contributed by atoms with Crippen LogP contribution in [-0.4, -0.2) is 46.6 Å². The van der Waals surface area contributed by atoms with Crippen LogP contribution in [0.2, 0.25) is 5.02 Å². The largest absolute Gasteiger partial charge is 0.481 e. The van der Waals surface area contributed by atoms with Crippen molar-refractivity contribution in [3.05, 3.63) is 28.2 Å². The number of amides is 2. The maximum atomic E-state index is 12.4. The second-order valence-electron chi connectivity index (χ2n) is 7.13. The Kier molecular flexibility index (Phi) is 4.52. The summed E-state index contributed by atoms with van der Waals surface area (Å²) in [7, 11) is 0. The van der Waals surface area contributed by atoms with Gasteiger partial charge in [0.15, 0.2) is 0 Å². The van der Waals surface area contributed by atoms with E-state index in [2.05, 4.69) is 10.3 Å². The van der Waals surface area contributed by atoms with E-state index in [1.807, 2.05) is 18.2 Å². The maximum absolute atomic E-state index is 12.4. The van der Waals surface area contributed by atoms with Crippen molar-refractivity contribution in [1.82, 2.24) is 15.2 Å². The van der Waals surface area contributed by atoms with Crippen LogP contribution in [0.25, 0.3) is 10.2 Å². The molecule has 1 saturated carbocycles. The Labute approximate surface area is 160 Å². The number of carboxylic acid groups (broad SMARTS) is 1. The van der Waals surface area contributed by atoms with Gasteiger partial charge in [0.2, 0.25) is 0 Å². The number of benzene rings is 1. The number of thiazole rings is 1. The Hall–Kier alpha value is -1.86. The lowest BCUT2D eigenvalue weighted by Crippen LogP contribution is -2.42. The molecule has 0 bridgehead atoms. The van der Waals surface area contributed by atoms with E-state index < -0.39 is 11.4 Å². The highest BCUT2D eigenvalue weighted by molar-refractivity contribution is 7.18. The maximum Gasteiger partial charge on any atom is 0.317 e. The molecule has 2 aliphatic rings. The number of rotatable bonds is 4. The monoisotopic (exact) mass is 393 g/mol. The second kappa shape index (κ2) is 6.70. The van der Waals surface area contributed by atoms with Crippen LogP contribution in [0.15, 0.2) is 18.2 Å². The Morgan fingerprint density at radius 1 is 1.46 bits per heavy atom. The minimum Gasteiger partial charge on any atom is -0.481 e. The summed E-state index contributed by atoms with van der Waals surface area (Å²) in [4.78, 5) is 30.3. The number of carboxylic acids is 1. The Morgan fingerprint density at radius 2 is 2.31 bits per heavy atom. The van der Waals surface area contributed by atoms with Crippen LogP contribution in [0.4, 0.5) is 4.79 Å². The molecule has 1 aromatic heterocycles. The third-order valence-corrected chi connectivity index (χ3v) is 6.92. The average molecular weight is 394 g/mol.